The van der Waals surface area contributed by atoms with Crippen LogP contribution in [0.2, 0.25) is 5.02 Å². The minimum absolute atomic E-state index is 0.108. The molecule has 0 atom stereocenters. The molecule has 1 amide bonds. The van der Waals surface area contributed by atoms with Gasteiger partial charge in [-0.1, -0.05) is 23.7 Å². The van der Waals surface area contributed by atoms with Crippen LogP contribution in [0.4, 0.5) is 5.69 Å². The van der Waals surface area contributed by atoms with Crippen molar-refractivity contribution in [2.24, 2.45) is 5.92 Å². The number of nitrogens with zero attached hydrogens (tertiary/aromatic N) is 4. The predicted molar refractivity (Wildman–Crippen MR) is 127 cm³/mol. The molecule has 7 nitrogen and oxygen atoms in total. The van der Waals surface area contributed by atoms with Crippen LogP contribution in [0, 0.1) is 5.92 Å². The summed E-state index contributed by atoms with van der Waals surface area (Å²) in [5.41, 5.74) is 1.92. The number of carbonyl (C=O) groups excluding carboxylic acids is 1. The first kappa shape index (κ1) is 22.8. The minimum atomic E-state index is -3.66. The fourth-order valence-corrected chi connectivity index (χ4v) is 5.42. The maximum absolute atomic E-state index is 12.7. The second kappa shape index (κ2) is 10.0. The third-order valence-electron chi connectivity index (χ3n) is 6.07. The van der Waals surface area contributed by atoms with Crippen molar-refractivity contribution in [1.29, 1.82) is 0 Å². The Morgan fingerprint density at radius 1 is 1.00 bits per heavy atom. The van der Waals surface area contributed by atoms with Gasteiger partial charge < -0.3 is 9.80 Å². The van der Waals surface area contributed by atoms with Gasteiger partial charge in [0.05, 0.1) is 6.54 Å². The van der Waals surface area contributed by atoms with Crippen LogP contribution in [0.1, 0.15) is 18.4 Å². The summed E-state index contributed by atoms with van der Waals surface area (Å²) in [6.07, 6.45) is 7.16. The van der Waals surface area contributed by atoms with Crippen LogP contribution < -0.4 is 4.90 Å². The molecular weight excluding hydrogens is 448 g/mol. The highest BCUT2D eigenvalue weighted by atomic mass is 35.5. The number of benzene rings is 1. The maximum atomic E-state index is 12.7. The first-order valence-corrected chi connectivity index (χ1v) is 12.7. The van der Waals surface area contributed by atoms with Crippen LogP contribution in [0.15, 0.2) is 54.2 Å². The van der Waals surface area contributed by atoms with Gasteiger partial charge in [-0.15, -0.1) is 0 Å². The van der Waals surface area contributed by atoms with E-state index in [9.17, 15) is 13.2 Å². The van der Waals surface area contributed by atoms with Crippen LogP contribution in [0.25, 0.3) is 6.08 Å². The molecule has 3 heterocycles. The molecule has 1 aromatic heterocycles. The summed E-state index contributed by atoms with van der Waals surface area (Å²) in [6, 6.07) is 10.9. The van der Waals surface area contributed by atoms with Crippen molar-refractivity contribution in [2.75, 3.05) is 44.2 Å². The van der Waals surface area contributed by atoms with E-state index >= 15 is 0 Å². The number of rotatable bonds is 6. The summed E-state index contributed by atoms with van der Waals surface area (Å²) in [7, 11) is -3.66. The molecule has 2 aliphatic rings. The molecule has 170 valence electrons. The Morgan fingerprint density at radius 3 is 2.34 bits per heavy atom. The second-order valence-corrected chi connectivity index (χ2v) is 10.5. The number of sulfonamides is 1. The van der Waals surface area contributed by atoms with Gasteiger partial charge in [-0.05, 0) is 54.7 Å². The van der Waals surface area contributed by atoms with Crippen molar-refractivity contribution in [2.45, 2.75) is 12.8 Å². The fraction of sp³-hybridized carbons (Fsp3) is 0.391. The number of carbonyl (C=O) groups is 1. The lowest BCUT2D eigenvalue weighted by atomic mass is 9.95. The van der Waals surface area contributed by atoms with E-state index in [1.807, 2.05) is 17.0 Å². The lowest BCUT2D eigenvalue weighted by Gasteiger charge is -2.38. The standard InChI is InChI=1S/C23H27ClN4O3S/c24-21-3-1-19(2-4-21)9-16-32(30,31)28-15-14-27(23(29)18-28)17-20-7-12-26(13-8-20)22-5-10-25-11-6-22/h1-6,9-11,16,20H,7-8,12-15,17-18H2. The van der Waals surface area contributed by atoms with E-state index in [0.29, 0.717) is 30.6 Å². The summed E-state index contributed by atoms with van der Waals surface area (Å²) in [6.45, 7) is 3.23. The van der Waals surface area contributed by atoms with E-state index < -0.39 is 10.0 Å². The molecule has 2 saturated heterocycles. The van der Waals surface area contributed by atoms with Gasteiger partial charge in [0.1, 0.15) is 0 Å². The van der Waals surface area contributed by atoms with Gasteiger partial charge in [0.2, 0.25) is 15.9 Å². The lowest BCUT2D eigenvalue weighted by molar-refractivity contribution is -0.134. The summed E-state index contributed by atoms with van der Waals surface area (Å²) in [5, 5.41) is 1.75. The smallest absolute Gasteiger partial charge is 0.237 e. The molecule has 0 spiro atoms. The van der Waals surface area contributed by atoms with Crippen LogP contribution in [-0.2, 0) is 14.8 Å². The molecule has 32 heavy (non-hydrogen) atoms. The Balaban J connectivity index is 1.28. The Labute approximate surface area is 194 Å². The van der Waals surface area contributed by atoms with Gasteiger partial charge in [0.15, 0.2) is 0 Å². The van der Waals surface area contributed by atoms with E-state index in [1.165, 1.54) is 16.1 Å². The highest BCUT2D eigenvalue weighted by Gasteiger charge is 2.32. The highest BCUT2D eigenvalue weighted by molar-refractivity contribution is 7.92. The van der Waals surface area contributed by atoms with E-state index in [1.54, 1.807) is 36.7 Å². The largest absolute Gasteiger partial charge is 0.371 e. The molecule has 0 unspecified atom stereocenters. The number of aromatic nitrogens is 1. The van der Waals surface area contributed by atoms with Gasteiger partial charge in [-0.25, -0.2) is 8.42 Å². The topological polar surface area (TPSA) is 73.8 Å². The molecular formula is C23H27ClN4O3S. The number of pyridine rings is 1. The van der Waals surface area contributed by atoms with Crippen molar-refractivity contribution in [1.82, 2.24) is 14.2 Å². The highest BCUT2D eigenvalue weighted by Crippen LogP contribution is 2.24. The average Bonchev–Trinajstić information content (AvgIpc) is 2.81. The Hall–Kier alpha value is -2.42. The molecule has 2 aliphatic heterocycles. The van der Waals surface area contributed by atoms with Crippen LogP contribution >= 0.6 is 11.6 Å². The quantitative estimate of drug-likeness (QED) is 0.643. The van der Waals surface area contributed by atoms with Gasteiger partial charge >= 0.3 is 0 Å². The zero-order valence-electron chi connectivity index (χ0n) is 17.8. The number of anilines is 1. The summed E-state index contributed by atoms with van der Waals surface area (Å²) in [5.74, 6) is 0.307. The van der Waals surface area contributed by atoms with Gasteiger partial charge in [0, 0.05) is 61.2 Å². The van der Waals surface area contributed by atoms with Crippen LogP contribution in [0.5, 0.6) is 0 Å². The molecule has 2 fully saturated rings. The third-order valence-corrected chi connectivity index (χ3v) is 7.83. The molecule has 0 saturated carbocycles. The van der Waals surface area contributed by atoms with Crippen LogP contribution in [0.3, 0.4) is 0 Å². The van der Waals surface area contributed by atoms with Crippen molar-refractivity contribution in [3.63, 3.8) is 0 Å². The normalized spacial score (nSPS) is 19.1. The maximum Gasteiger partial charge on any atom is 0.237 e. The van der Waals surface area contributed by atoms with Crippen molar-refractivity contribution in [3.05, 3.63) is 64.8 Å². The summed E-state index contributed by atoms with van der Waals surface area (Å²) < 4.78 is 26.6. The van der Waals surface area contributed by atoms with Crippen LogP contribution in [-0.4, -0.2) is 67.8 Å². The SMILES string of the molecule is O=C1CN(S(=O)(=O)C=Cc2ccc(Cl)cc2)CCN1CC1CCN(c2ccncc2)CC1. The van der Waals surface area contributed by atoms with E-state index in [2.05, 4.69) is 9.88 Å². The molecule has 4 rings (SSSR count). The molecule has 0 radical (unpaired) electrons. The van der Waals surface area contributed by atoms with Crippen molar-refractivity contribution >= 4 is 39.3 Å². The number of hydrogen-bond acceptors (Lipinski definition) is 5. The second-order valence-electron chi connectivity index (χ2n) is 8.21. The molecule has 0 aliphatic carbocycles. The first-order valence-electron chi connectivity index (χ1n) is 10.8. The molecule has 9 heteroatoms. The van der Waals surface area contributed by atoms with Gasteiger partial charge in [0.25, 0.3) is 0 Å². The summed E-state index contributed by atoms with van der Waals surface area (Å²) >= 11 is 5.86. The molecule has 0 N–H and O–H groups in total. The first-order chi connectivity index (χ1) is 15.4. The van der Waals surface area contributed by atoms with E-state index in [-0.39, 0.29) is 12.5 Å². The van der Waals surface area contributed by atoms with Crippen molar-refractivity contribution in [3.8, 4) is 0 Å². The number of piperazine rings is 1. The zero-order chi connectivity index (χ0) is 22.6. The Bertz CT molecular complexity index is 1050. The average molecular weight is 475 g/mol. The van der Waals surface area contributed by atoms with E-state index in [0.717, 1.165) is 36.9 Å². The zero-order valence-corrected chi connectivity index (χ0v) is 19.4. The van der Waals surface area contributed by atoms with E-state index in [4.69, 9.17) is 11.6 Å². The van der Waals surface area contributed by atoms with Crippen molar-refractivity contribution < 1.29 is 13.2 Å². The number of piperidine rings is 1. The summed E-state index contributed by atoms with van der Waals surface area (Å²) in [4.78, 5) is 20.9. The lowest BCUT2D eigenvalue weighted by Crippen LogP contribution is -2.53. The number of amides is 1. The molecule has 2 aromatic rings. The predicted octanol–water partition coefficient (Wildman–Crippen LogP) is 3.10. The minimum Gasteiger partial charge on any atom is -0.371 e. The number of hydrogen-bond donors (Lipinski definition) is 0. The number of halogens is 1. The van der Waals surface area contributed by atoms with Gasteiger partial charge in [-0.2, -0.15) is 4.31 Å². The monoisotopic (exact) mass is 474 g/mol. The van der Waals surface area contributed by atoms with Gasteiger partial charge in [-0.3, -0.25) is 9.78 Å². The fourth-order valence-electron chi connectivity index (χ4n) is 4.16. The Morgan fingerprint density at radius 2 is 1.69 bits per heavy atom. The molecule has 0 bridgehead atoms. The third kappa shape index (κ3) is 5.68. The Kier molecular flexibility index (Phi) is 7.13. The molecule has 1 aromatic carbocycles.